The van der Waals surface area contributed by atoms with Crippen molar-refractivity contribution in [1.29, 1.82) is 0 Å². The van der Waals surface area contributed by atoms with Crippen molar-refractivity contribution in [3.8, 4) is 0 Å². The Bertz CT molecular complexity index is 677. The molecule has 4 fully saturated rings. The zero-order chi connectivity index (χ0) is 22.7. The maximum absolute atomic E-state index is 14.1. The fourth-order valence-corrected chi connectivity index (χ4v) is 7.12. The second-order valence-corrected chi connectivity index (χ2v) is 12.0. The molecule has 9 atom stereocenters. The summed E-state index contributed by atoms with van der Waals surface area (Å²) >= 11 is 14.2. The number of nitrogens with zero attached hydrogens (tertiary/aromatic N) is 1. The van der Waals surface area contributed by atoms with E-state index >= 15 is 0 Å². The van der Waals surface area contributed by atoms with E-state index in [9.17, 15) is 13.6 Å². The zero-order valence-corrected chi connectivity index (χ0v) is 20.4. The summed E-state index contributed by atoms with van der Waals surface area (Å²) in [6, 6.07) is 0.0972. The fourth-order valence-electron chi connectivity index (χ4n) is 5.10. The molecule has 32 heavy (non-hydrogen) atoms. The van der Waals surface area contributed by atoms with Gasteiger partial charge < -0.3 is 5.32 Å². The van der Waals surface area contributed by atoms with Crippen molar-refractivity contribution in [2.24, 2.45) is 10.9 Å². The zero-order valence-electron chi connectivity index (χ0n) is 18.0. The number of aliphatic imine (C=N–C) groups is 1. The molecule has 1 amide bonds. The van der Waals surface area contributed by atoms with Crippen LogP contribution in [0.15, 0.2) is 4.99 Å². The van der Waals surface area contributed by atoms with Gasteiger partial charge in [-0.3, -0.25) is 15.5 Å². The Morgan fingerprint density at radius 1 is 1.03 bits per heavy atom. The van der Waals surface area contributed by atoms with E-state index in [0.29, 0.717) is 49.4 Å². The maximum Gasteiger partial charge on any atom is 0.229 e. The number of hydrogen-bond donors (Lipinski definition) is 4. The molecule has 11 heteroatoms. The molecule has 2 aliphatic heterocycles. The van der Waals surface area contributed by atoms with Gasteiger partial charge in [0.1, 0.15) is 18.5 Å². The van der Waals surface area contributed by atoms with Gasteiger partial charge in [0, 0.05) is 35.0 Å². The largest absolute Gasteiger partial charge is 0.353 e. The number of rotatable bonds is 4. The highest BCUT2D eigenvalue weighted by atomic mass is 35.5. The molecule has 0 aromatic rings. The molecule has 2 saturated carbocycles. The number of carbonyl (C=O) groups is 1. The average Bonchev–Trinajstić information content (AvgIpc) is 3.41. The monoisotopic (exact) mass is 511 g/mol. The van der Waals surface area contributed by atoms with Gasteiger partial charge in [-0.2, -0.15) is 11.8 Å². The summed E-state index contributed by atoms with van der Waals surface area (Å²) < 4.78 is 28.1. The van der Waals surface area contributed by atoms with Gasteiger partial charge in [-0.25, -0.2) is 19.2 Å². The molecule has 182 valence electrons. The lowest BCUT2D eigenvalue weighted by molar-refractivity contribution is -0.125. The molecule has 4 N–H and O–H groups in total. The summed E-state index contributed by atoms with van der Waals surface area (Å²) in [5, 5.41) is 5.85. The van der Waals surface area contributed by atoms with Crippen molar-refractivity contribution in [3.05, 3.63) is 0 Å². The number of alkyl halides is 4. The quantitative estimate of drug-likeness (QED) is 0.264. The van der Waals surface area contributed by atoms with E-state index in [1.165, 1.54) is 18.6 Å². The summed E-state index contributed by atoms with van der Waals surface area (Å²) in [5.41, 5.74) is 6.55. The van der Waals surface area contributed by atoms with Crippen LogP contribution < -0.4 is 21.5 Å². The number of carbonyl (C=O) groups excluding carboxylic acids is 1. The van der Waals surface area contributed by atoms with Gasteiger partial charge in [0.15, 0.2) is 5.96 Å². The van der Waals surface area contributed by atoms with Crippen molar-refractivity contribution in [3.63, 3.8) is 0 Å². The van der Waals surface area contributed by atoms with Crippen LogP contribution >= 0.6 is 35.0 Å². The number of halogens is 4. The summed E-state index contributed by atoms with van der Waals surface area (Å²) in [6.07, 6.45) is 3.20. The Labute approximate surface area is 202 Å². The van der Waals surface area contributed by atoms with Gasteiger partial charge >= 0.3 is 0 Å². The molecule has 0 radical (unpaired) electrons. The van der Waals surface area contributed by atoms with E-state index < -0.39 is 23.6 Å². The van der Waals surface area contributed by atoms with Crippen LogP contribution in [0.1, 0.15) is 57.8 Å². The third-order valence-corrected chi connectivity index (χ3v) is 9.21. The minimum Gasteiger partial charge on any atom is -0.353 e. The van der Waals surface area contributed by atoms with Crippen molar-refractivity contribution in [2.45, 2.75) is 104 Å². The average molecular weight is 512 g/mol. The summed E-state index contributed by atoms with van der Waals surface area (Å²) in [6.45, 7) is 0. The Kier molecular flexibility index (Phi) is 8.81. The number of hydrogen-bond acceptors (Lipinski definition) is 5. The van der Waals surface area contributed by atoms with E-state index in [1.54, 1.807) is 0 Å². The molecule has 2 saturated heterocycles. The normalized spacial score (nSPS) is 43.2. The van der Waals surface area contributed by atoms with E-state index in [4.69, 9.17) is 28.2 Å². The van der Waals surface area contributed by atoms with Gasteiger partial charge in [-0.15, -0.1) is 23.2 Å². The molecular weight excluding hydrogens is 479 g/mol. The van der Waals surface area contributed by atoms with E-state index in [-0.39, 0.29) is 29.9 Å². The molecule has 4 aliphatic rings. The predicted octanol–water partition coefficient (Wildman–Crippen LogP) is 3.38. The molecule has 9 unspecified atom stereocenters. The maximum atomic E-state index is 14.1. The van der Waals surface area contributed by atoms with Crippen molar-refractivity contribution < 1.29 is 13.6 Å². The van der Waals surface area contributed by atoms with Gasteiger partial charge in [-0.1, -0.05) is 0 Å². The molecular formula is C21H33Cl2F2N5OS. The molecule has 0 aromatic heterocycles. The Morgan fingerprint density at radius 3 is 2.59 bits per heavy atom. The highest BCUT2D eigenvalue weighted by molar-refractivity contribution is 8.00. The first kappa shape index (κ1) is 24.8. The molecule has 4 rings (SSSR count). The Morgan fingerprint density at radius 2 is 1.88 bits per heavy atom. The second kappa shape index (κ2) is 11.4. The molecule has 2 aliphatic carbocycles. The molecule has 6 nitrogen and oxygen atoms in total. The lowest BCUT2D eigenvalue weighted by atomic mass is 9.87. The predicted molar refractivity (Wildman–Crippen MR) is 127 cm³/mol. The van der Waals surface area contributed by atoms with Crippen LogP contribution in [0.4, 0.5) is 8.78 Å². The summed E-state index contributed by atoms with van der Waals surface area (Å²) in [7, 11) is 0. The van der Waals surface area contributed by atoms with Gasteiger partial charge in [0.25, 0.3) is 0 Å². The van der Waals surface area contributed by atoms with Crippen LogP contribution in [0.25, 0.3) is 0 Å². The highest BCUT2D eigenvalue weighted by Crippen LogP contribution is 2.32. The number of guanidine groups is 1. The van der Waals surface area contributed by atoms with Crippen LogP contribution in [0.2, 0.25) is 0 Å². The van der Waals surface area contributed by atoms with Gasteiger partial charge in [-0.05, 0) is 57.1 Å². The first-order valence-corrected chi connectivity index (χ1v) is 13.6. The molecule has 0 bridgehead atoms. The van der Waals surface area contributed by atoms with Crippen molar-refractivity contribution in [2.75, 3.05) is 5.75 Å². The highest BCUT2D eigenvalue weighted by Gasteiger charge is 2.36. The van der Waals surface area contributed by atoms with Crippen LogP contribution in [-0.4, -0.2) is 64.2 Å². The Balaban J connectivity index is 1.41. The SMILES string of the molecule is O=C(N/C(=N\C1CC(C2CCCS2)NN1)NC1CC(F)CC(Cl)C1)C1CCC(Cl)C(F)C1. The summed E-state index contributed by atoms with van der Waals surface area (Å²) in [5.74, 6) is 0.767. The first-order valence-electron chi connectivity index (χ1n) is 11.7. The smallest absolute Gasteiger partial charge is 0.229 e. The van der Waals surface area contributed by atoms with Crippen molar-refractivity contribution >= 4 is 46.8 Å². The van der Waals surface area contributed by atoms with Crippen molar-refractivity contribution in [1.82, 2.24) is 21.5 Å². The standard InChI is InChI=1S/C21H33Cl2F2N5OS/c22-12-7-13(24)9-14(8-12)26-21(28-20(31)11-3-4-15(23)16(25)6-11)27-19-10-17(29-30-19)18-2-1-5-32-18/h11-19,29-30H,1-10H2,(H2,26,27,28,31). The number of amides is 1. The molecule has 2 heterocycles. The molecule has 0 aromatic carbocycles. The van der Waals surface area contributed by atoms with Crippen LogP contribution in [0.3, 0.4) is 0 Å². The van der Waals surface area contributed by atoms with E-state index in [0.717, 1.165) is 6.42 Å². The molecule has 0 spiro atoms. The van der Waals surface area contributed by atoms with Gasteiger partial charge in [0.2, 0.25) is 5.91 Å². The van der Waals surface area contributed by atoms with Crippen LogP contribution in [0.5, 0.6) is 0 Å². The summed E-state index contributed by atoms with van der Waals surface area (Å²) in [4.78, 5) is 17.6. The first-order chi connectivity index (χ1) is 15.4. The van der Waals surface area contributed by atoms with Crippen LogP contribution in [-0.2, 0) is 4.79 Å². The van der Waals surface area contributed by atoms with Gasteiger partial charge in [0.05, 0.1) is 5.38 Å². The van der Waals surface area contributed by atoms with E-state index in [2.05, 4.69) is 21.5 Å². The number of thioether (sulfide) groups is 1. The Hall–Kier alpha value is -0.350. The lowest BCUT2D eigenvalue weighted by Gasteiger charge is -2.31. The third kappa shape index (κ3) is 6.62. The minimum absolute atomic E-state index is 0.108. The van der Waals surface area contributed by atoms with Crippen LogP contribution in [0, 0.1) is 5.92 Å². The lowest BCUT2D eigenvalue weighted by Crippen LogP contribution is -2.51. The third-order valence-electron chi connectivity index (χ3n) is 6.85. The topological polar surface area (TPSA) is 77.5 Å². The van der Waals surface area contributed by atoms with E-state index in [1.807, 2.05) is 11.8 Å². The fraction of sp³-hybridized carbons (Fsp3) is 0.905. The second-order valence-electron chi connectivity index (χ2n) is 9.45. The number of hydrazine groups is 1. The number of nitrogens with one attached hydrogen (secondary N) is 4. The minimum atomic E-state index is -1.19.